The largest absolute Gasteiger partial charge is 0.508 e. The molecule has 0 unspecified atom stereocenters. The van der Waals surface area contributed by atoms with E-state index in [0.717, 1.165) is 11.4 Å². The van der Waals surface area contributed by atoms with Crippen LogP contribution >= 0.6 is 0 Å². The summed E-state index contributed by atoms with van der Waals surface area (Å²) >= 11 is 0. The van der Waals surface area contributed by atoms with E-state index in [0.29, 0.717) is 0 Å². The van der Waals surface area contributed by atoms with E-state index in [9.17, 15) is 0 Å². The van der Waals surface area contributed by atoms with E-state index in [2.05, 4.69) is 10.6 Å². The smallest absolute Gasteiger partial charge is 0.117 e. The first-order valence-corrected chi connectivity index (χ1v) is 3.46. The molecule has 1 rings (SSSR count). The molecule has 0 radical (unpaired) electrons. The van der Waals surface area contributed by atoms with Crippen LogP contribution in [0.5, 0.6) is 5.75 Å². The van der Waals surface area contributed by atoms with Gasteiger partial charge in [-0.05, 0) is 12.1 Å². The molecule has 3 nitrogen and oxygen atoms in total. The predicted octanol–water partition coefficient (Wildman–Crippen LogP) is 1.48. The Morgan fingerprint density at radius 2 is 1.73 bits per heavy atom. The molecule has 0 bridgehead atoms. The zero-order valence-electron chi connectivity index (χ0n) is 6.68. The lowest BCUT2D eigenvalue weighted by molar-refractivity contribution is 0.475. The lowest BCUT2D eigenvalue weighted by Gasteiger charge is -2.07. The van der Waals surface area contributed by atoms with Crippen LogP contribution in [-0.2, 0) is 0 Å². The molecular weight excluding hydrogens is 140 g/mol. The second-order valence-electron chi connectivity index (χ2n) is 2.23. The first-order chi connectivity index (χ1) is 5.27. The van der Waals surface area contributed by atoms with Gasteiger partial charge in [0, 0.05) is 20.2 Å². The van der Waals surface area contributed by atoms with Crippen LogP contribution < -0.4 is 10.6 Å². The van der Waals surface area contributed by atoms with Crippen molar-refractivity contribution in [1.82, 2.24) is 0 Å². The standard InChI is InChI=1S/C8H12N2O/c1-9-7-4-3-6(11)5-8(7)10-2/h3-5,9-11H,1-2H3. The maximum absolute atomic E-state index is 9.10. The number of phenols is 1. The van der Waals surface area contributed by atoms with Gasteiger partial charge in [0.2, 0.25) is 0 Å². The molecule has 0 aliphatic rings. The minimum atomic E-state index is 0.272. The SMILES string of the molecule is CNc1ccc(O)cc1NC. The molecule has 0 saturated carbocycles. The summed E-state index contributed by atoms with van der Waals surface area (Å²) < 4.78 is 0. The molecule has 0 aliphatic carbocycles. The average molecular weight is 152 g/mol. The minimum Gasteiger partial charge on any atom is -0.508 e. The van der Waals surface area contributed by atoms with Crippen LogP contribution in [0.15, 0.2) is 18.2 Å². The van der Waals surface area contributed by atoms with Crippen molar-refractivity contribution in [3.8, 4) is 5.75 Å². The highest BCUT2D eigenvalue weighted by Gasteiger charge is 1.97. The summed E-state index contributed by atoms with van der Waals surface area (Å²) in [5, 5.41) is 15.1. The molecule has 0 amide bonds. The monoisotopic (exact) mass is 152 g/mol. The van der Waals surface area contributed by atoms with Gasteiger partial charge < -0.3 is 15.7 Å². The van der Waals surface area contributed by atoms with Crippen LogP contribution in [-0.4, -0.2) is 19.2 Å². The third kappa shape index (κ3) is 1.55. The van der Waals surface area contributed by atoms with Crippen molar-refractivity contribution in [3.63, 3.8) is 0 Å². The number of aromatic hydroxyl groups is 1. The summed E-state index contributed by atoms with van der Waals surface area (Å²) in [6.45, 7) is 0. The van der Waals surface area contributed by atoms with Crippen LogP contribution in [0.25, 0.3) is 0 Å². The first kappa shape index (κ1) is 7.72. The molecule has 0 atom stereocenters. The molecule has 11 heavy (non-hydrogen) atoms. The summed E-state index contributed by atoms with van der Waals surface area (Å²) in [5.74, 6) is 0.272. The summed E-state index contributed by atoms with van der Waals surface area (Å²) in [4.78, 5) is 0. The highest BCUT2D eigenvalue weighted by atomic mass is 16.3. The number of hydrogen-bond donors (Lipinski definition) is 3. The van der Waals surface area contributed by atoms with Crippen molar-refractivity contribution in [2.75, 3.05) is 24.7 Å². The molecule has 3 N–H and O–H groups in total. The molecule has 60 valence electrons. The highest BCUT2D eigenvalue weighted by Crippen LogP contribution is 2.24. The average Bonchev–Trinajstić information content (AvgIpc) is 2.04. The lowest BCUT2D eigenvalue weighted by Crippen LogP contribution is -1.95. The van der Waals surface area contributed by atoms with Crippen molar-refractivity contribution >= 4 is 11.4 Å². The van der Waals surface area contributed by atoms with E-state index in [4.69, 9.17) is 5.11 Å². The minimum absolute atomic E-state index is 0.272. The van der Waals surface area contributed by atoms with Crippen molar-refractivity contribution in [1.29, 1.82) is 0 Å². The van der Waals surface area contributed by atoms with Gasteiger partial charge in [-0.15, -0.1) is 0 Å². The van der Waals surface area contributed by atoms with Gasteiger partial charge in [-0.2, -0.15) is 0 Å². The molecular formula is C8H12N2O. The van der Waals surface area contributed by atoms with Crippen molar-refractivity contribution < 1.29 is 5.11 Å². The highest BCUT2D eigenvalue weighted by molar-refractivity contribution is 5.70. The molecule has 0 aromatic heterocycles. The number of rotatable bonds is 2. The Hall–Kier alpha value is -1.38. The normalized spacial score (nSPS) is 9.27. The second kappa shape index (κ2) is 3.14. The maximum atomic E-state index is 9.10. The topological polar surface area (TPSA) is 44.3 Å². The van der Waals surface area contributed by atoms with Gasteiger partial charge in [-0.25, -0.2) is 0 Å². The third-order valence-corrected chi connectivity index (χ3v) is 1.54. The zero-order chi connectivity index (χ0) is 8.27. The quantitative estimate of drug-likeness (QED) is 0.562. The van der Waals surface area contributed by atoms with Crippen molar-refractivity contribution in [2.24, 2.45) is 0 Å². The van der Waals surface area contributed by atoms with E-state index >= 15 is 0 Å². The van der Waals surface area contributed by atoms with Gasteiger partial charge in [-0.3, -0.25) is 0 Å². The van der Waals surface area contributed by atoms with Gasteiger partial charge in [0.15, 0.2) is 0 Å². The first-order valence-electron chi connectivity index (χ1n) is 3.46. The van der Waals surface area contributed by atoms with Gasteiger partial charge >= 0.3 is 0 Å². The number of phenolic OH excluding ortho intramolecular Hbond substituents is 1. The van der Waals surface area contributed by atoms with Gasteiger partial charge in [0.25, 0.3) is 0 Å². The van der Waals surface area contributed by atoms with Gasteiger partial charge in [-0.1, -0.05) is 0 Å². The number of anilines is 2. The van der Waals surface area contributed by atoms with E-state index in [1.54, 1.807) is 12.1 Å². The van der Waals surface area contributed by atoms with E-state index < -0.39 is 0 Å². The van der Waals surface area contributed by atoms with Crippen LogP contribution in [0, 0.1) is 0 Å². The molecule has 0 fully saturated rings. The van der Waals surface area contributed by atoms with Crippen LogP contribution in [0.4, 0.5) is 11.4 Å². The fraction of sp³-hybridized carbons (Fsp3) is 0.250. The Kier molecular flexibility index (Phi) is 2.21. The predicted molar refractivity (Wildman–Crippen MR) is 47.2 cm³/mol. The molecule has 1 aromatic carbocycles. The number of nitrogens with one attached hydrogen (secondary N) is 2. The molecule has 1 aromatic rings. The van der Waals surface area contributed by atoms with Crippen LogP contribution in [0.1, 0.15) is 0 Å². The Bertz CT molecular complexity index is 248. The maximum Gasteiger partial charge on any atom is 0.117 e. The summed E-state index contributed by atoms with van der Waals surface area (Å²) in [6.07, 6.45) is 0. The Morgan fingerprint density at radius 3 is 2.27 bits per heavy atom. The summed E-state index contributed by atoms with van der Waals surface area (Å²) in [5.41, 5.74) is 1.87. The van der Waals surface area contributed by atoms with Crippen molar-refractivity contribution in [2.45, 2.75) is 0 Å². The fourth-order valence-corrected chi connectivity index (χ4v) is 0.957. The van der Waals surface area contributed by atoms with E-state index in [1.807, 2.05) is 20.2 Å². The molecule has 0 saturated heterocycles. The summed E-state index contributed by atoms with van der Waals surface area (Å²) in [7, 11) is 3.66. The summed E-state index contributed by atoms with van der Waals surface area (Å²) in [6, 6.07) is 5.14. The number of hydrogen-bond acceptors (Lipinski definition) is 3. The Morgan fingerprint density at radius 1 is 1.09 bits per heavy atom. The lowest BCUT2D eigenvalue weighted by atomic mass is 10.2. The van der Waals surface area contributed by atoms with Crippen LogP contribution in [0.2, 0.25) is 0 Å². The Balaban J connectivity index is 3.06. The molecule has 0 spiro atoms. The fourth-order valence-electron chi connectivity index (χ4n) is 0.957. The van der Waals surface area contributed by atoms with Crippen LogP contribution in [0.3, 0.4) is 0 Å². The van der Waals surface area contributed by atoms with Gasteiger partial charge in [0.1, 0.15) is 5.75 Å². The number of benzene rings is 1. The molecule has 0 aliphatic heterocycles. The van der Waals surface area contributed by atoms with E-state index in [1.165, 1.54) is 0 Å². The zero-order valence-corrected chi connectivity index (χ0v) is 6.68. The third-order valence-electron chi connectivity index (χ3n) is 1.54. The Labute approximate surface area is 66.1 Å². The molecule has 3 heteroatoms. The van der Waals surface area contributed by atoms with Gasteiger partial charge in [0.05, 0.1) is 11.4 Å². The van der Waals surface area contributed by atoms with E-state index in [-0.39, 0.29) is 5.75 Å². The second-order valence-corrected chi connectivity index (χ2v) is 2.23. The van der Waals surface area contributed by atoms with Crippen molar-refractivity contribution in [3.05, 3.63) is 18.2 Å². The molecule has 0 heterocycles.